The molecule has 0 saturated carbocycles. The Bertz CT molecular complexity index is 812. The molecule has 4 atom stereocenters. The molecule has 4 N–H and O–H groups in total. The van der Waals surface area contributed by atoms with Crippen LogP contribution in [0.5, 0.6) is 0 Å². The van der Waals surface area contributed by atoms with Gasteiger partial charge in [-0.25, -0.2) is 15.0 Å². The number of rotatable bonds is 4. The summed E-state index contributed by atoms with van der Waals surface area (Å²) in [6, 6.07) is 0. The van der Waals surface area contributed by atoms with Crippen LogP contribution in [-0.4, -0.2) is 54.7 Å². The zero-order chi connectivity index (χ0) is 17.6. The first kappa shape index (κ1) is 17.6. The Labute approximate surface area is 142 Å². The fourth-order valence-electron chi connectivity index (χ4n) is 2.37. The van der Waals surface area contributed by atoms with Crippen molar-refractivity contribution in [1.29, 1.82) is 0 Å². The molecule has 2 aromatic rings. The third-order valence-corrected chi connectivity index (χ3v) is 4.48. The number of halogens is 1. The molecule has 14 heteroatoms. The normalized spacial score (nSPS) is 27.9. The van der Waals surface area contributed by atoms with Gasteiger partial charge in [0.05, 0.1) is 14.4 Å². The molecule has 0 aliphatic carbocycles. The van der Waals surface area contributed by atoms with E-state index in [-0.39, 0.29) is 21.7 Å². The van der Waals surface area contributed by atoms with E-state index in [1.165, 1.54) is 10.9 Å². The Morgan fingerprint density at radius 2 is 2.12 bits per heavy atom. The first-order valence-electron chi connectivity index (χ1n) is 6.51. The SMILES string of the molecule is Nc1ncnc2c1nc(Br)n2[C@@H]1O[C@H](COP(=O)([O-])[O-])[C@@H](O)[C@H]1O. The molecule has 0 aromatic carbocycles. The maximum Gasteiger partial charge on any atom is 0.181 e. The molecule has 24 heavy (non-hydrogen) atoms. The number of hydrogen-bond donors (Lipinski definition) is 3. The minimum Gasteiger partial charge on any atom is -0.790 e. The van der Waals surface area contributed by atoms with Crippen LogP contribution in [0.25, 0.3) is 11.2 Å². The highest BCUT2D eigenvalue weighted by Crippen LogP contribution is 2.36. The summed E-state index contributed by atoms with van der Waals surface area (Å²) < 4.78 is 21.6. The number of hydrogen-bond acceptors (Lipinski definition) is 11. The Balaban J connectivity index is 1.92. The minimum atomic E-state index is -5.24. The number of aromatic nitrogens is 4. The third kappa shape index (κ3) is 3.17. The lowest BCUT2D eigenvalue weighted by Crippen LogP contribution is -2.34. The molecular formula is C10H11BrN5O7P-2. The van der Waals surface area contributed by atoms with Gasteiger partial charge in [0.15, 0.2) is 27.9 Å². The van der Waals surface area contributed by atoms with E-state index in [0.29, 0.717) is 0 Å². The van der Waals surface area contributed by atoms with Gasteiger partial charge in [-0.15, -0.1) is 0 Å². The number of fused-ring (bicyclic) bond motifs is 1. The number of imidazole rings is 1. The molecule has 2 aromatic heterocycles. The van der Waals surface area contributed by atoms with Gasteiger partial charge in [0.25, 0.3) is 0 Å². The minimum absolute atomic E-state index is 0.103. The summed E-state index contributed by atoms with van der Waals surface area (Å²) >= 11 is 3.17. The van der Waals surface area contributed by atoms with Crippen molar-refractivity contribution in [1.82, 2.24) is 19.5 Å². The van der Waals surface area contributed by atoms with Gasteiger partial charge in [0.2, 0.25) is 0 Å². The number of nitrogens with zero attached hydrogens (tertiary/aromatic N) is 4. The molecule has 0 radical (unpaired) electrons. The van der Waals surface area contributed by atoms with Crippen LogP contribution in [-0.2, 0) is 13.8 Å². The monoisotopic (exact) mass is 423 g/mol. The number of nitrogen functional groups attached to an aromatic ring is 1. The molecule has 0 amide bonds. The first-order valence-corrected chi connectivity index (χ1v) is 8.76. The smallest absolute Gasteiger partial charge is 0.181 e. The van der Waals surface area contributed by atoms with Gasteiger partial charge in [0, 0.05) is 0 Å². The van der Waals surface area contributed by atoms with Crippen molar-refractivity contribution in [2.75, 3.05) is 12.3 Å². The van der Waals surface area contributed by atoms with E-state index in [0.717, 1.165) is 0 Å². The van der Waals surface area contributed by atoms with Gasteiger partial charge in [-0.1, -0.05) is 0 Å². The number of ether oxygens (including phenoxy) is 1. The Kier molecular flexibility index (Phi) is 4.61. The molecule has 0 spiro atoms. The van der Waals surface area contributed by atoms with Gasteiger partial charge in [-0.3, -0.25) is 4.57 Å². The van der Waals surface area contributed by atoms with Crippen LogP contribution in [0.15, 0.2) is 11.1 Å². The highest BCUT2D eigenvalue weighted by Gasteiger charge is 2.45. The van der Waals surface area contributed by atoms with E-state index in [2.05, 4.69) is 35.4 Å². The lowest BCUT2D eigenvalue weighted by Gasteiger charge is -2.30. The largest absolute Gasteiger partial charge is 0.790 e. The average molecular weight is 424 g/mol. The number of aliphatic hydroxyl groups excluding tert-OH is 2. The van der Waals surface area contributed by atoms with Crippen LogP contribution in [0.2, 0.25) is 0 Å². The number of phosphoric ester groups is 1. The zero-order valence-electron chi connectivity index (χ0n) is 11.7. The lowest BCUT2D eigenvalue weighted by molar-refractivity contribution is -0.343. The number of aliphatic hydroxyl groups is 2. The van der Waals surface area contributed by atoms with Crippen molar-refractivity contribution in [2.45, 2.75) is 24.5 Å². The molecule has 3 heterocycles. The van der Waals surface area contributed by atoms with Crippen LogP contribution in [0.4, 0.5) is 5.82 Å². The number of nitrogens with two attached hydrogens (primary N) is 1. The third-order valence-electron chi connectivity index (χ3n) is 3.45. The molecule has 0 bridgehead atoms. The van der Waals surface area contributed by atoms with Crippen LogP contribution < -0.4 is 15.5 Å². The molecule has 3 rings (SSSR count). The van der Waals surface area contributed by atoms with E-state index in [4.69, 9.17) is 10.5 Å². The van der Waals surface area contributed by atoms with E-state index in [9.17, 15) is 24.6 Å². The summed E-state index contributed by atoms with van der Waals surface area (Å²) in [7, 11) is -5.24. The average Bonchev–Trinajstić information content (AvgIpc) is 2.96. The first-order chi connectivity index (χ1) is 11.2. The maximum atomic E-state index is 10.5. The quantitative estimate of drug-likeness (QED) is 0.351. The van der Waals surface area contributed by atoms with Crippen molar-refractivity contribution < 1.29 is 33.8 Å². The Morgan fingerprint density at radius 1 is 1.42 bits per heavy atom. The lowest BCUT2D eigenvalue weighted by atomic mass is 10.1. The molecular weight excluding hydrogens is 413 g/mol. The summed E-state index contributed by atoms with van der Waals surface area (Å²) in [5, 5.41) is 20.2. The molecule has 1 saturated heterocycles. The van der Waals surface area contributed by atoms with Crippen LogP contribution >= 0.6 is 23.8 Å². The standard InChI is InChI=1S/C10H13BrN5O7P/c11-10-15-4-7(12)13-2-14-8(4)16(10)9-6(18)5(17)3(23-9)1-22-24(19,20)21/h2-3,5-6,9,17-18H,1H2,(H2,12,13,14)(H2,19,20,21)/p-2/t3-,5-,6-,9-/m1/s1. The van der Waals surface area contributed by atoms with Crippen LogP contribution in [0.1, 0.15) is 6.23 Å². The van der Waals surface area contributed by atoms with Crippen molar-refractivity contribution in [3.63, 3.8) is 0 Å². The predicted molar refractivity (Wildman–Crippen MR) is 76.9 cm³/mol. The molecule has 1 aliphatic rings. The summed E-state index contributed by atoms with van der Waals surface area (Å²) in [4.78, 5) is 33.0. The van der Waals surface area contributed by atoms with Crippen LogP contribution in [0.3, 0.4) is 0 Å². The second kappa shape index (κ2) is 6.28. The van der Waals surface area contributed by atoms with Crippen molar-refractivity contribution in [3.8, 4) is 0 Å². The van der Waals surface area contributed by atoms with Gasteiger partial charge < -0.3 is 39.6 Å². The predicted octanol–water partition coefficient (Wildman–Crippen LogP) is -2.36. The van der Waals surface area contributed by atoms with Gasteiger partial charge in [-0.2, -0.15) is 0 Å². The topological polar surface area (TPSA) is 192 Å². The molecule has 132 valence electrons. The van der Waals surface area contributed by atoms with Gasteiger partial charge >= 0.3 is 0 Å². The van der Waals surface area contributed by atoms with Crippen molar-refractivity contribution >= 4 is 40.7 Å². The zero-order valence-corrected chi connectivity index (χ0v) is 14.2. The Hall–Kier alpha value is -1.18. The van der Waals surface area contributed by atoms with E-state index >= 15 is 0 Å². The van der Waals surface area contributed by atoms with Gasteiger partial charge in [-0.05, 0) is 15.9 Å². The Morgan fingerprint density at radius 3 is 2.79 bits per heavy atom. The molecule has 12 nitrogen and oxygen atoms in total. The maximum absolute atomic E-state index is 10.5. The second-order valence-electron chi connectivity index (χ2n) is 4.97. The highest BCUT2D eigenvalue weighted by atomic mass is 79.9. The second-order valence-corrected chi connectivity index (χ2v) is 6.83. The van der Waals surface area contributed by atoms with Gasteiger partial charge in [0.1, 0.15) is 24.6 Å². The summed E-state index contributed by atoms with van der Waals surface area (Å²) in [6.07, 6.45) is -4.18. The summed E-state index contributed by atoms with van der Waals surface area (Å²) in [6.45, 7) is -0.736. The molecule has 1 aliphatic heterocycles. The fraction of sp³-hybridized carbons (Fsp3) is 0.500. The summed E-state index contributed by atoms with van der Waals surface area (Å²) in [5.41, 5.74) is 6.18. The molecule has 0 unspecified atom stereocenters. The summed E-state index contributed by atoms with van der Waals surface area (Å²) in [5.74, 6) is 0.103. The van der Waals surface area contributed by atoms with Crippen LogP contribution in [0, 0.1) is 0 Å². The number of phosphoric acid groups is 1. The van der Waals surface area contributed by atoms with E-state index in [1.807, 2.05) is 0 Å². The van der Waals surface area contributed by atoms with Crippen molar-refractivity contribution in [3.05, 3.63) is 11.1 Å². The molecule has 1 fully saturated rings. The number of anilines is 1. The van der Waals surface area contributed by atoms with E-state index in [1.54, 1.807) is 0 Å². The fourth-order valence-corrected chi connectivity index (χ4v) is 3.25. The van der Waals surface area contributed by atoms with E-state index < -0.39 is 39.0 Å². The van der Waals surface area contributed by atoms with Crippen molar-refractivity contribution in [2.24, 2.45) is 0 Å². The highest BCUT2D eigenvalue weighted by molar-refractivity contribution is 9.10.